The van der Waals surface area contributed by atoms with E-state index in [2.05, 4.69) is 22.5 Å². The largest absolute Gasteiger partial charge is 0.493 e. The Morgan fingerprint density at radius 3 is 3.16 bits per heavy atom. The molecule has 19 heavy (non-hydrogen) atoms. The van der Waals surface area contributed by atoms with Gasteiger partial charge in [-0.25, -0.2) is 4.98 Å². The smallest absolute Gasteiger partial charge is 0.123 e. The Labute approximate surface area is 117 Å². The topological polar surface area (TPSA) is 31.4 Å². The zero-order valence-corrected chi connectivity index (χ0v) is 11.8. The average Bonchev–Trinajstić information content (AvgIpc) is 3.08. The normalized spacial score (nSPS) is 18.7. The maximum absolute atomic E-state index is 5.86. The van der Waals surface area contributed by atoms with Gasteiger partial charge in [0.05, 0.1) is 13.2 Å². The highest BCUT2D eigenvalue weighted by molar-refractivity contribution is 7.13. The molecule has 0 radical (unpaired) electrons. The predicted octanol–water partition coefficient (Wildman–Crippen LogP) is 3.53. The molecule has 1 aliphatic heterocycles. The highest BCUT2D eigenvalue weighted by Crippen LogP contribution is 2.27. The number of benzene rings is 1. The first-order valence-electron chi connectivity index (χ1n) is 6.54. The third-order valence-electron chi connectivity index (χ3n) is 3.21. The Bertz CT molecular complexity index is 547. The summed E-state index contributed by atoms with van der Waals surface area (Å²) in [6.45, 7) is 4.44. The molecule has 0 N–H and O–H groups in total. The van der Waals surface area contributed by atoms with E-state index < -0.39 is 0 Å². The van der Waals surface area contributed by atoms with E-state index in [9.17, 15) is 0 Å². The van der Waals surface area contributed by atoms with E-state index in [4.69, 9.17) is 9.47 Å². The van der Waals surface area contributed by atoms with Gasteiger partial charge >= 0.3 is 0 Å². The Morgan fingerprint density at radius 2 is 2.42 bits per heavy atom. The molecular weight excluding hydrogens is 258 g/mol. The van der Waals surface area contributed by atoms with Crippen molar-refractivity contribution >= 4 is 11.3 Å². The summed E-state index contributed by atoms with van der Waals surface area (Å²) in [5, 5.41) is 3.12. The molecule has 1 aromatic carbocycles. The van der Waals surface area contributed by atoms with Crippen LogP contribution in [-0.4, -0.2) is 24.8 Å². The van der Waals surface area contributed by atoms with Crippen LogP contribution in [0.25, 0.3) is 10.6 Å². The molecule has 4 heteroatoms. The lowest BCUT2D eigenvalue weighted by Gasteiger charge is -2.10. The number of hydrogen-bond acceptors (Lipinski definition) is 4. The van der Waals surface area contributed by atoms with E-state index in [0.717, 1.165) is 48.3 Å². The molecule has 0 aliphatic carbocycles. The minimum absolute atomic E-state index is 0.533. The number of rotatable bonds is 4. The van der Waals surface area contributed by atoms with Crippen molar-refractivity contribution in [2.24, 2.45) is 5.92 Å². The van der Waals surface area contributed by atoms with E-state index in [0.29, 0.717) is 5.92 Å². The first-order valence-corrected chi connectivity index (χ1v) is 7.42. The Morgan fingerprint density at radius 1 is 1.47 bits per heavy atom. The number of aryl methyl sites for hydroxylation is 1. The van der Waals surface area contributed by atoms with Crippen molar-refractivity contribution in [2.75, 3.05) is 19.8 Å². The van der Waals surface area contributed by atoms with Crippen LogP contribution in [0.4, 0.5) is 0 Å². The van der Waals surface area contributed by atoms with Crippen molar-refractivity contribution in [2.45, 2.75) is 13.3 Å². The molecule has 1 aromatic heterocycles. The number of aromatic nitrogens is 1. The van der Waals surface area contributed by atoms with Crippen LogP contribution in [0.15, 0.2) is 29.6 Å². The van der Waals surface area contributed by atoms with Crippen LogP contribution in [0.2, 0.25) is 0 Å². The summed E-state index contributed by atoms with van der Waals surface area (Å²) in [5.74, 6) is 1.45. The second-order valence-electron chi connectivity index (χ2n) is 4.86. The fourth-order valence-electron chi connectivity index (χ4n) is 2.13. The molecule has 2 heterocycles. The molecular formula is C15H17NO2S. The molecule has 3 rings (SSSR count). The van der Waals surface area contributed by atoms with Gasteiger partial charge in [-0.3, -0.25) is 0 Å². The fourth-order valence-corrected chi connectivity index (χ4v) is 2.93. The van der Waals surface area contributed by atoms with Crippen LogP contribution in [0.3, 0.4) is 0 Å². The molecule has 100 valence electrons. The average molecular weight is 275 g/mol. The van der Waals surface area contributed by atoms with Gasteiger partial charge in [0, 0.05) is 29.2 Å². The molecule has 0 saturated carbocycles. The van der Waals surface area contributed by atoms with Crippen molar-refractivity contribution in [1.29, 1.82) is 0 Å². The molecule has 1 fully saturated rings. The summed E-state index contributed by atoms with van der Waals surface area (Å²) in [6.07, 6.45) is 1.10. The van der Waals surface area contributed by atoms with Crippen molar-refractivity contribution in [3.05, 3.63) is 35.3 Å². The lowest BCUT2D eigenvalue weighted by atomic mass is 10.1. The van der Waals surface area contributed by atoms with E-state index in [-0.39, 0.29) is 0 Å². The van der Waals surface area contributed by atoms with Gasteiger partial charge in [0.15, 0.2) is 0 Å². The Kier molecular flexibility index (Phi) is 3.80. The zero-order valence-electron chi connectivity index (χ0n) is 11.0. The lowest BCUT2D eigenvalue weighted by Crippen LogP contribution is -2.11. The minimum atomic E-state index is 0.533. The SMILES string of the molecule is Cc1csc(-c2cccc(OC[C@H]3CCOC3)c2)n1. The fraction of sp³-hybridized carbons (Fsp3) is 0.400. The molecule has 0 bridgehead atoms. The number of nitrogens with zero attached hydrogens (tertiary/aromatic N) is 1. The zero-order chi connectivity index (χ0) is 13.1. The van der Waals surface area contributed by atoms with E-state index in [1.165, 1.54) is 0 Å². The highest BCUT2D eigenvalue weighted by Gasteiger charge is 2.16. The number of hydrogen-bond donors (Lipinski definition) is 0. The quantitative estimate of drug-likeness (QED) is 0.855. The van der Waals surface area contributed by atoms with Crippen LogP contribution in [0.1, 0.15) is 12.1 Å². The van der Waals surface area contributed by atoms with Gasteiger partial charge < -0.3 is 9.47 Å². The molecule has 0 unspecified atom stereocenters. The van der Waals surface area contributed by atoms with E-state index in [1.54, 1.807) is 11.3 Å². The van der Waals surface area contributed by atoms with Crippen LogP contribution >= 0.6 is 11.3 Å². The molecule has 1 aliphatic rings. The maximum Gasteiger partial charge on any atom is 0.123 e. The molecule has 0 amide bonds. The van der Waals surface area contributed by atoms with Crippen LogP contribution in [0.5, 0.6) is 5.75 Å². The number of ether oxygens (including phenoxy) is 2. The van der Waals surface area contributed by atoms with Gasteiger partial charge in [0.1, 0.15) is 10.8 Å². The third-order valence-corrected chi connectivity index (χ3v) is 4.22. The summed E-state index contributed by atoms with van der Waals surface area (Å²) >= 11 is 1.67. The van der Waals surface area contributed by atoms with Gasteiger partial charge in [0.2, 0.25) is 0 Å². The highest BCUT2D eigenvalue weighted by atomic mass is 32.1. The van der Waals surface area contributed by atoms with Crippen LogP contribution < -0.4 is 4.74 Å². The second-order valence-corrected chi connectivity index (χ2v) is 5.72. The third kappa shape index (κ3) is 3.14. The van der Waals surface area contributed by atoms with Crippen LogP contribution in [-0.2, 0) is 4.74 Å². The molecule has 3 nitrogen and oxygen atoms in total. The molecule has 0 spiro atoms. The Balaban J connectivity index is 1.69. The molecule has 2 aromatic rings. The van der Waals surface area contributed by atoms with Gasteiger partial charge in [0.25, 0.3) is 0 Å². The van der Waals surface area contributed by atoms with Crippen LogP contribution in [0, 0.1) is 12.8 Å². The monoisotopic (exact) mass is 275 g/mol. The molecule has 1 saturated heterocycles. The van der Waals surface area contributed by atoms with Crippen molar-refractivity contribution in [1.82, 2.24) is 4.98 Å². The first kappa shape index (κ1) is 12.6. The molecule has 1 atom stereocenters. The van der Waals surface area contributed by atoms with Gasteiger partial charge in [-0.05, 0) is 25.5 Å². The second kappa shape index (κ2) is 5.72. The maximum atomic E-state index is 5.86. The summed E-state index contributed by atoms with van der Waals surface area (Å²) in [6, 6.07) is 8.16. The summed E-state index contributed by atoms with van der Waals surface area (Å²) in [5.41, 5.74) is 2.19. The van der Waals surface area contributed by atoms with Crippen molar-refractivity contribution in [3.63, 3.8) is 0 Å². The number of thiazole rings is 1. The first-order chi connectivity index (χ1) is 9.31. The van der Waals surface area contributed by atoms with E-state index in [1.807, 2.05) is 19.1 Å². The standard InChI is InChI=1S/C15H17NO2S/c1-11-10-19-15(16-11)13-3-2-4-14(7-13)18-9-12-5-6-17-8-12/h2-4,7,10,12H,5-6,8-9H2,1H3/t12-/m0/s1. The van der Waals surface area contributed by atoms with Crippen molar-refractivity contribution < 1.29 is 9.47 Å². The van der Waals surface area contributed by atoms with Crippen molar-refractivity contribution in [3.8, 4) is 16.3 Å². The predicted molar refractivity (Wildman–Crippen MR) is 76.7 cm³/mol. The van der Waals surface area contributed by atoms with E-state index >= 15 is 0 Å². The Hall–Kier alpha value is -1.39. The van der Waals surface area contributed by atoms with Gasteiger partial charge in [-0.2, -0.15) is 0 Å². The lowest BCUT2D eigenvalue weighted by molar-refractivity contribution is 0.167. The van der Waals surface area contributed by atoms with Gasteiger partial charge in [-0.1, -0.05) is 12.1 Å². The van der Waals surface area contributed by atoms with Gasteiger partial charge in [-0.15, -0.1) is 11.3 Å². The minimum Gasteiger partial charge on any atom is -0.493 e. The summed E-state index contributed by atoms with van der Waals surface area (Å²) < 4.78 is 11.2. The summed E-state index contributed by atoms with van der Waals surface area (Å²) in [4.78, 5) is 4.50. The summed E-state index contributed by atoms with van der Waals surface area (Å²) in [7, 11) is 0.